The molecule has 0 aliphatic rings. The van der Waals surface area contributed by atoms with Crippen LogP contribution in [0.1, 0.15) is 48.3 Å². The molecule has 0 saturated carbocycles. The summed E-state index contributed by atoms with van der Waals surface area (Å²) in [7, 11) is 1.66. The first-order valence-corrected chi connectivity index (χ1v) is 8.86. The highest BCUT2D eigenvalue weighted by molar-refractivity contribution is 5.76. The van der Waals surface area contributed by atoms with E-state index in [9.17, 15) is 13.6 Å². The molecule has 1 amide bonds. The predicted molar refractivity (Wildman–Crippen MR) is 97.8 cm³/mol. The predicted octanol–water partition coefficient (Wildman–Crippen LogP) is 3.84. The summed E-state index contributed by atoms with van der Waals surface area (Å²) in [6.07, 6.45) is 1.21. The van der Waals surface area contributed by atoms with E-state index >= 15 is 0 Å². The molecular weight excluding hydrogens is 350 g/mol. The Bertz CT molecular complexity index is 870. The van der Waals surface area contributed by atoms with Crippen LogP contribution in [0.3, 0.4) is 0 Å². The zero-order valence-corrected chi connectivity index (χ0v) is 16.1. The Morgan fingerprint density at radius 3 is 2.67 bits per heavy atom. The summed E-state index contributed by atoms with van der Waals surface area (Å²) in [4.78, 5) is 14.1. The lowest BCUT2D eigenvalue weighted by molar-refractivity contribution is -0.131. The molecule has 0 aliphatic carbocycles. The topological polar surface area (TPSA) is 61.9 Å². The molecule has 27 heavy (non-hydrogen) atoms. The van der Waals surface area contributed by atoms with Crippen LogP contribution < -0.4 is 0 Å². The zero-order valence-electron chi connectivity index (χ0n) is 16.1. The number of benzene rings is 1. The van der Waals surface area contributed by atoms with Crippen molar-refractivity contribution in [2.75, 3.05) is 7.05 Å². The van der Waals surface area contributed by atoms with Crippen LogP contribution in [0, 0.1) is 36.8 Å². The lowest BCUT2D eigenvalue weighted by Gasteiger charge is -2.25. The number of carbonyl (C=O) groups is 1. The largest absolute Gasteiger partial charge is 0.339 e. The first kappa shape index (κ1) is 20.6. The van der Waals surface area contributed by atoms with Crippen molar-refractivity contribution >= 4 is 5.91 Å². The van der Waals surface area contributed by atoms with Crippen LogP contribution in [0.2, 0.25) is 0 Å². The molecule has 0 aliphatic heterocycles. The molecule has 0 N–H and O–H groups in total. The van der Waals surface area contributed by atoms with Crippen LogP contribution in [0.5, 0.6) is 0 Å². The Morgan fingerprint density at radius 1 is 1.33 bits per heavy atom. The standard InChI is InChI=1S/C20H24F2N4O/c1-13-17(15(3)26(24-13)11-5-10-23)7-9-20(27)25(4)14(2)16-6-8-18(21)19(22)12-16/h6,8,12,14H,5,7,9,11H2,1-4H3. The molecule has 2 aromatic rings. The third kappa shape index (κ3) is 4.70. The minimum absolute atomic E-state index is 0.0872. The smallest absolute Gasteiger partial charge is 0.223 e. The van der Waals surface area contributed by atoms with Gasteiger partial charge in [-0.2, -0.15) is 10.4 Å². The van der Waals surface area contributed by atoms with Crippen LogP contribution in [-0.2, 0) is 17.8 Å². The summed E-state index contributed by atoms with van der Waals surface area (Å²) < 4.78 is 28.3. The highest BCUT2D eigenvalue weighted by Crippen LogP contribution is 2.22. The van der Waals surface area contributed by atoms with E-state index in [-0.39, 0.29) is 18.4 Å². The molecule has 2 rings (SSSR count). The molecule has 1 aromatic heterocycles. The van der Waals surface area contributed by atoms with Gasteiger partial charge in [0.1, 0.15) is 0 Å². The Morgan fingerprint density at radius 2 is 2.04 bits per heavy atom. The lowest BCUT2D eigenvalue weighted by Crippen LogP contribution is -2.30. The second-order valence-corrected chi connectivity index (χ2v) is 6.63. The van der Waals surface area contributed by atoms with Crippen LogP contribution in [0.15, 0.2) is 18.2 Å². The number of carbonyl (C=O) groups excluding carboxylic acids is 1. The van der Waals surface area contributed by atoms with Crippen molar-refractivity contribution in [2.24, 2.45) is 0 Å². The van der Waals surface area contributed by atoms with E-state index in [4.69, 9.17) is 5.26 Å². The molecule has 7 heteroatoms. The summed E-state index contributed by atoms with van der Waals surface area (Å²) in [5.41, 5.74) is 3.37. The Labute approximate surface area is 158 Å². The van der Waals surface area contributed by atoms with E-state index in [0.29, 0.717) is 24.9 Å². The van der Waals surface area contributed by atoms with Gasteiger partial charge in [0.05, 0.1) is 30.8 Å². The molecule has 144 valence electrons. The highest BCUT2D eigenvalue weighted by Gasteiger charge is 2.20. The van der Waals surface area contributed by atoms with Gasteiger partial charge < -0.3 is 4.90 Å². The van der Waals surface area contributed by atoms with Crippen molar-refractivity contribution in [1.82, 2.24) is 14.7 Å². The summed E-state index contributed by atoms with van der Waals surface area (Å²) in [5.74, 6) is -1.91. The van der Waals surface area contributed by atoms with Gasteiger partial charge in [0.15, 0.2) is 11.6 Å². The van der Waals surface area contributed by atoms with Crippen LogP contribution >= 0.6 is 0 Å². The normalized spacial score (nSPS) is 11.9. The number of aryl methyl sites for hydroxylation is 2. The third-order valence-corrected chi connectivity index (χ3v) is 4.96. The average Bonchev–Trinajstić information content (AvgIpc) is 2.92. The Kier molecular flexibility index (Phi) is 6.67. The fraction of sp³-hybridized carbons (Fsp3) is 0.450. The molecule has 0 saturated heterocycles. The number of amides is 1. The zero-order chi connectivity index (χ0) is 20.1. The number of halogens is 2. The molecule has 5 nitrogen and oxygen atoms in total. The van der Waals surface area contributed by atoms with Gasteiger partial charge in [-0.25, -0.2) is 8.78 Å². The van der Waals surface area contributed by atoms with Crippen molar-refractivity contribution in [2.45, 2.75) is 52.6 Å². The minimum atomic E-state index is -0.920. The molecule has 0 radical (unpaired) electrons. The van der Waals surface area contributed by atoms with Gasteiger partial charge in [0, 0.05) is 19.2 Å². The molecule has 1 heterocycles. The average molecular weight is 374 g/mol. The SMILES string of the molecule is Cc1nn(CCC#N)c(C)c1CCC(=O)N(C)C(C)c1ccc(F)c(F)c1. The van der Waals surface area contributed by atoms with Gasteiger partial charge in [0.2, 0.25) is 5.91 Å². The van der Waals surface area contributed by atoms with Crippen molar-refractivity contribution in [3.8, 4) is 6.07 Å². The summed E-state index contributed by atoms with van der Waals surface area (Å²) in [6, 6.07) is 5.41. The number of nitrogens with zero attached hydrogens (tertiary/aromatic N) is 4. The maximum absolute atomic E-state index is 13.4. The van der Waals surface area contributed by atoms with Crippen LogP contribution in [0.4, 0.5) is 8.78 Å². The second-order valence-electron chi connectivity index (χ2n) is 6.63. The van der Waals surface area contributed by atoms with Gasteiger partial charge in [-0.15, -0.1) is 0 Å². The van der Waals surface area contributed by atoms with E-state index in [1.165, 1.54) is 11.0 Å². The fourth-order valence-electron chi connectivity index (χ4n) is 3.09. The molecule has 1 unspecified atom stereocenters. The highest BCUT2D eigenvalue weighted by atomic mass is 19.2. The van der Waals surface area contributed by atoms with Gasteiger partial charge in [-0.1, -0.05) is 6.07 Å². The quantitative estimate of drug-likeness (QED) is 0.740. The number of aromatic nitrogens is 2. The van der Waals surface area contributed by atoms with E-state index in [1.807, 2.05) is 13.8 Å². The molecule has 1 aromatic carbocycles. The van der Waals surface area contributed by atoms with Gasteiger partial charge in [-0.05, 0) is 50.5 Å². The van der Waals surface area contributed by atoms with Gasteiger partial charge >= 0.3 is 0 Å². The Hall–Kier alpha value is -2.75. The number of hydrogen-bond acceptors (Lipinski definition) is 3. The fourth-order valence-corrected chi connectivity index (χ4v) is 3.09. The first-order chi connectivity index (χ1) is 12.8. The molecule has 0 bridgehead atoms. The minimum Gasteiger partial charge on any atom is -0.339 e. The maximum atomic E-state index is 13.4. The summed E-state index contributed by atoms with van der Waals surface area (Å²) in [5, 5.41) is 13.2. The number of hydrogen-bond donors (Lipinski definition) is 0. The van der Waals surface area contributed by atoms with Crippen molar-refractivity contribution < 1.29 is 13.6 Å². The van der Waals surface area contributed by atoms with Crippen molar-refractivity contribution in [3.63, 3.8) is 0 Å². The molecule has 1 atom stereocenters. The maximum Gasteiger partial charge on any atom is 0.223 e. The molecule has 0 fully saturated rings. The first-order valence-electron chi connectivity index (χ1n) is 8.86. The molecule has 0 spiro atoms. The Balaban J connectivity index is 2.03. The van der Waals surface area contributed by atoms with Crippen LogP contribution in [0.25, 0.3) is 0 Å². The van der Waals surface area contributed by atoms with E-state index < -0.39 is 11.6 Å². The molecular formula is C20H24F2N4O. The van der Waals surface area contributed by atoms with Crippen molar-refractivity contribution in [1.29, 1.82) is 5.26 Å². The second kappa shape index (κ2) is 8.76. The van der Waals surface area contributed by atoms with E-state index in [0.717, 1.165) is 29.1 Å². The van der Waals surface area contributed by atoms with Crippen LogP contribution in [-0.4, -0.2) is 27.6 Å². The van der Waals surface area contributed by atoms with E-state index in [2.05, 4.69) is 11.2 Å². The lowest BCUT2D eigenvalue weighted by atomic mass is 10.0. The summed E-state index contributed by atoms with van der Waals surface area (Å²) in [6.45, 7) is 6.14. The van der Waals surface area contributed by atoms with E-state index in [1.54, 1.807) is 18.7 Å². The van der Waals surface area contributed by atoms with Gasteiger partial charge in [-0.3, -0.25) is 9.48 Å². The number of nitriles is 1. The third-order valence-electron chi connectivity index (χ3n) is 4.96. The monoisotopic (exact) mass is 374 g/mol. The summed E-state index contributed by atoms with van der Waals surface area (Å²) >= 11 is 0. The van der Waals surface area contributed by atoms with Crippen molar-refractivity contribution in [3.05, 3.63) is 52.3 Å². The van der Waals surface area contributed by atoms with Gasteiger partial charge in [0.25, 0.3) is 0 Å². The number of rotatable bonds is 7.